The average molecular weight is 719 g/mol. The molecule has 0 bridgehead atoms. The largest absolute Gasteiger partial charge is 0.355 e. The fourth-order valence-electron chi connectivity index (χ4n) is 5.88. The predicted octanol–water partition coefficient (Wildman–Crippen LogP) is 4.25. The molecule has 0 unspecified atom stereocenters. The Morgan fingerprint density at radius 2 is 1.29 bits per heavy atom. The summed E-state index contributed by atoms with van der Waals surface area (Å²) >= 11 is 5.60. The molecule has 0 aliphatic carbocycles. The zero-order valence-electron chi connectivity index (χ0n) is 27.3. The molecule has 2 aliphatic rings. The number of nitrogens with zero attached hydrogens (tertiary/aromatic N) is 10. The number of hydrogen-bond acceptors (Lipinski definition) is 10. The molecule has 2 amide bonds. The van der Waals surface area contributed by atoms with E-state index in [4.69, 9.17) is 11.6 Å². The van der Waals surface area contributed by atoms with E-state index in [0.717, 1.165) is 19.6 Å². The third-order valence-corrected chi connectivity index (χ3v) is 8.50. The third-order valence-electron chi connectivity index (χ3n) is 8.30. The topological polar surface area (TPSA) is 152 Å². The molecular formula is C33H30ClF3N12O2. The number of fused-ring (bicyclic) bond motifs is 2. The molecule has 2 saturated heterocycles. The Labute approximate surface area is 293 Å². The number of benzene rings is 2. The molecule has 0 saturated carbocycles. The SMILES string of the molecule is Cn1cc2cc(NC(=O)c3cnc(Cl)cn3)cc(F)c2n1.Cn1cc2cc(NC(=O)c3cnc(N4CC(CN5CC(F)C5)C4)cn3)cc(F)c2n1. The molecule has 0 spiro atoms. The van der Waals surface area contributed by atoms with Gasteiger partial charge in [-0.2, -0.15) is 10.2 Å². The maximum Gasteiger partial charge on any atom is 0.275 e. The molecule has 6 heterocycles. The molecule has 6 aromatic rings. The Hall–Kier alpha value is -5.68. The molecule has 8 rings (SSSR count). The van der Waals surface area contributed by atoms with Crippen LogP contribution in [0.2, 0.25) is 5.15 Å². The summed E-state index contributed by atoms with van der Waals surface area (Å²) in [6.45, 7) is 3.67. The van der Waals surface area contributed by atoms with Crippen LogP contribution in [0.1, 0.15) is 21.0 Å². The van der Waals surface area contributed by atoms with Crippen LogP contribution < -0.4 is 15.5 Å². The summed E-state index contributed by atoms with van der Waals surface area (Å²) in [5.41, 5.74) is 1.39. The molecule has 2 aromatic carbocycles. The predicted molar refractivity (Wildman–Crippen MR) is 183 cm³/mol. The Morgan fingerprint density at radius 1 is 0.765 bits per heavy atom. The van der Waals surface area contributed by atoms with Gasteiger partial charge in [0.05, 0.1) is 24.8 Å². The molecular weight excluding hydrogens is 689 g/mol. The molecule has 2 fully saturated rings. The molecule has 51 heavy (non-hydrogen) atoms. The van der Waals surface area contributed by atoms with Gasteiger partial charge in [-0.25, -0.2) is 33.1 Å². The number of nitrogens with one attached hydrogen (secondary N) is 2. The highest BCUT2D eigenvalue weighted by Crippen LogP contribution is 2.26. The Kier molecular flexibility index (Phi) is 9.22. The first-order chi connectivity index (χ1) is 24.5. The van der Waals surface area contributed by atoms with Crippen molar-refractivity contribution in [2.75, 3.05) is 48.3 Å². The van der Waals surface area contributed by atoms with E-state index >= 15 is 0 Å². The van der Waals surface area contributed by atoms with E-state index in [-0.39, 0.29) is 27.6 Å². The van der Waals surface area contributed by atoms with Gasteiger partial charge in [-0.15, -0.1) is 0 Å². The number of halogens is 4. The van der Waals surface area contributed by atoms with E-state index in [1.807, 2.05) is 0 Å². The van der Waals surface area contributed by atoms with Gasteiger partial charge in [0.15, 0.2) is 11.6 Å². The first-order valence-electron chi connectivity index (χ1n) is 15.8. The highest BCUT2D eigenvalue weighted by molar-refractivity contribution is 6.29. The number of aryl methyl sites for hydroxylation is 2. The van der Waals surface area contributed by atoms with Gasteiger partial charge in [-0.05, 0) is 24.3 Å². The minimum absolute atomic E-state index is 0.0890. The van der Waals surface area contributed by atoms with Crippen LogP contribution >= 0.6 is 11.6 Å². The number of alkyl halides is 1. The fourth-order valence-corrected chi connectivity index (χ4v) is 5.98. The van der Waals surface area contributed by atoms with Crippen molar-refractivity contribution >= 4 is 62.4 Å². The van der Waals surface area contributed by atoms with Crippen molar-refractivity contribution in [3.05, 3.63) is 89.6 Å². The molecule has 0 atom stereocenters. The molecule has 18 heteroatoms. The van der Waals surface area contributed by atoms with Crippen LogP contribution in [0.3, 0.4) is 0 Å². The van der Waals surface area contributed by atoms with E-state index in [0.29, 0.717) is 47.0 Å². The third kappa shape index (κ3) is 7.58. The number of amides is 2. The summed E-state index contributed by atoms with van der Waals surface area (Å²) < 4.78 is 44.0. The minimum Gasteiger partial charge on any atom is -0.355 e. The van der Waals surface area contributed by atoms with Crippen LogP contribution in [0.15, 0.2) is 61.4 Å². The maximum atomic E-state index is 14.2. The fraction of sp³-hybridized carbons (Fsp3) is 0.273. The smallest absolute Gasteiger partial charge is 0.275 e. The van der Waals surface area contributed by atoms with Crippen molar-refractivity contribution in [2.45, 2.75) is 6.17 Å². The van der Waals surface area contributed by atoms with Crippen LogP contribution in [0.4, 0.5) is 30.4 Å². The normalized spacial score (nSPS) is 14.9. The Morgan fingerprint density at radius 3 is 1.76 bits per heavy atom. The van der Waals surface area contributed by atoms with Gasteiger partial charge in [0.1, 0.15) is 39.6 Å². The van der Waals surface area contributed by atoms with Gasteiger partial charge in [-0.1, -0.05) is 11.6 Å². The van der Waals surface area contributed by atoms with Gasteiger partial charge in [0.2, 0.25) is 0 Å². The summed E-state index contributed by atoms with van der Waals surface area (Å²) in [6, 6.07) is 5.73. The van der Waals surface area contributed by atoms with Crippen molar-refractivity contribution in [2.24, 2.45) is 20.0 Å². The lowest BCUT2D eigenvalue weighted by Crippen LogP contribution is -2.57. The standard InChI is InChI=1S/C20H21F2N7O.C13H9ClFN5O/c1-27-9-13-2-15(3-16(22)19(13)26-27)25-20(30)17-4-24-18(5-23-17)29-7-12(8-29)6-28-10-14(21)11-28;1-20-6-7-2-8(3-9(15)12(7)19-20)18-13(21)10-4-17-11(14)5-16-10/h2-5,9,12,14H,6-8,10-11H2,1H3,(H,25,30);2-6H,1H3,(H,18,21). The van der Waals surface area contributed by atoms with Crippen LogP contribution in [0.25, 0.3) is 21.8 Å². The van der Waals surface area contributed by atoms with Crippen molar-refractivity contribution in [3.63, 3.8) is 0 Å². The van der Waals surface area contributed by atoms with E-state index in [1.165, 1.54) is 40.1 Å². The zero-order valence-corrected chi connectivity index (χ0v) is 28.0. The molecule has 2 N–H and O–H groups in total. The van der Waals surface area contributed by atoms with Crippen LogP contribution in [-0.2, 0) is 14.1 Å². The van der Waals surface area contributed by atoms with E-state index < -0.39 is 29.6 Å². The van der Waals surface area contributed by atoms with Crippen molar-refractivity contribution in [1.82, 2.24) is 44.4 Å². The first-order valence-corrected chi connectivity index (χ1v) is 16.1. The summed E-state index contributed by atoms with van der Waals surface area (Å²) in [7, 11) is 3.40. The number of carbonyl (C=O) groups excluding carboxylic acids is 2. The van der Waals surface area contributed by atoms with E-state index in [2.05, 4.69) is 50.6 Å². The second kappa shape index (κ2) is 13.9. The molecule has 4 aromatic heterocycles. The number of hydrogen-bond donors (Lipinski definition) is 2. The summed E-state index contributed by atoms with van der Waals surface area (Å²) in [5, 5.41) is 14.6. The summed E-state index contributed by atoms with van der Waals surface area (Å²) in [5.74, 6) is -0.765. The van der Waals surface area contributed by atoms with Crippen LogP contribution in [0, 0.1) is 17.6 Å². The quantitative estimate of drug-likeness (QED) is 0.245. The highest BCUT2D eigenvalue weighted by Gasteiger charge is 2.34. The van der Waals surface area contributed by atoms with Gasteiger partial charge in [-0.3, -0.25) is 23.9 Å². The summed E-state index contributed by atoms with van der Waals surface area (Å²) in [6.07, 6.45) is 8.17. The first kappa shape index (κ1) is 33.8. The van der Waals surface area contributed by atoms with Gasteiger partial charge in [0, 0.05) is 87.3 Å². The van der Waals surface area contributed by atoms with Crippen molar-refractivity contribution in [3.8, 4) is 0 Å². The van der Waals surface area contributed by atoms with Crippen LogP contribution in [0.5, 0.6) is 0 Å². The second-order valence-electron chi connectivity index (χ2n) is 12.4. The highest BCUT2D eigenvalue weighted by atomic mass is 35.5. The lowest BCUT2D eigenvalue weighted by Gasteiger charge is -2.45. The van der Waals surface area contributed by atoms with Gasteiger partial charge in [0.25, 0.3) is 11.8 Å². The molecule has 0 radical (unpaired) electrons. The number of likely N-dealkylation sites (tertiary alicyclic amines) is 1. The summed E-state index contributed by atoms with van der Waals surface area (Å²) in [4.78, 5) is 44.8. The number of aromatic nitrogens is 8. The Balaban J connectivity index is 0.000000170. The minimum atomic E-state index is -0.673. The average Bonchev–Trinajstić information content (AvgIpc) is 3.63. The Bertz CT molecular complexity index is 2230. The number of rotatable bonds is 7. The lowest BCUT2D eigenvalue weighted by atomic mass is 9.98. The zero-order chi connectivity index (χ0) is 35.8. The van der Waals surface area contributed by atoms with Crippen LogP contribution in [-0.4, -0.2) is 95.1 Å². The molecule has 2 aliphatic heterocycles. The molecule has 14 nitrogen and oxygen atoms in total. The number of carbonyl (C=O) groups is 2. The van der Waals surface area contributed by atoms with E-state index in [9.17, 15) is 22.8 Å². The van der Waals surface area contributed by atoms with Crippen molar-refractivity contribution in [1.29, 1.82) is 0 Å². The number of anilines is 3. The van der Waals surface area contributed by atoms with Crippen molar-refractivity contribution < 1.29 is 22.8 Å². The lowest BCUT2D eigenvalue weighted by molar-refractivity contribution is 0.0473. The maximum absolute atomic E-state index is 14.2. The van der Waals surface area contributed by atoms with E-state index in [1.54, 1.807) is 44.8 Å². The monoisotopic (exact) mass is 718 g/mol. The second-order valence-corrected chi connectivity index (χ2v) is 12.8. The molecule has 262 valence electrons. The van der Waals surface area contributed by atoms with Gasteiger partial charge < -0.3 is 15.5 Å². The van der Waals surface area contributed by atoms with Gasteiger partial charge >= 0.3 is 0 Å².